The van der Waals surface area contributed by atoms with Crippen LogP contribution in [0.5, 0.6) is 0 Å². The van der Waals surface area contributed by atoms with Crippen LogP contribution in [0.2, 0.25) is 0 Å². The second-order valence-corrected chi connectivity index (χ2v) is 5.60. The second kappa shape index (κ2) is 6.58. The molecule has 0 aliphatic carbocycles. The van der Waals surface area contributed by atoms with Crippen molar-refractivity contribution in [2.75, 3.05) is 32.0 Å². The van der Waals surface area contributed by atoms with Crippen LogP contribution in [0.1, 0.15) is 30.4 Å². The topological polar surface area (TPSA) is 39.1 Å². The highest BCUT2D eigenvalue weighted by Crippen LogP contribution is 2.20. The van der Waals surface area contributed by atoms with E-state index in [-0.39, 0.29) is 0 Å². The zero-order chi connectivity index (χ0) is 13.7. The number of likely N-dealkylation sites (tertiary alicyclic amines) is 1. The first-order valence-electron chi connectivity index (χ1n) is 7.12. The molecule has 2 rings (SSSR count). The van der Waals surface area contributed by atoms with E-state index in [1.54, 1.807) is 0 Å². The van der Waals surface area contributed by atoms with Crippen LogP contribution >= 0.6 is 0 Å². The highest BCUT2D eigenvalue weighted by Gasteiger charge is 2.15. The van der Waals surface area contributed by atoms with Gasteiger partial charge in [-0.1, -0.05) is 0 Å². The standard InChI is InChI=1S/C16H23N3/c1-13-11-16(4-3-15(13)12-17)18-8-5-14-6-9-19(2)10-7-14/h3-4,11,14,18H,5-10H2,1-2H3. The van der Waals surface area contributed by atoms with Crippen molar-refractivity contribution in [1.29, 1.82) is 5.26 Å². The van der Waals surface area contributed by atoms with Gasteiger partial charge in [-0.2, -0.15) is 5.26 Å². The zero-order valence-corrected chi connectivity index (χ0v) is 11.9. The predicted octanol–water partition coefficient (Wildman–Crippen LogP) is 3.01. The summed E-state index contributed by atoms with van der Waals surface area (Å²) >= 11 is 0. The quantitative estimate of drug-likeness (QED) is 0.901. The lowest BCUT2D eigenvalue weighted by Gasteiger charge is -2.29. The summed E-state index contributed by atoms with van der Waals surface area (Å²) < 4.78 is 0. The van der Waals surface area contributed by atoms with Gasteiger partial charge in [0, 0.05) is 12.2 Å². The summed E-state index contributed by atoms with van der Waals surface area (Å²) in [6, 6.07) is 8.16. The third-order valence-electron chi connectivity index (χ3n) is 4.07. The van der Waals surface area contributed by atoms with E-state index in [4.69, 9.17) is 5.26 Å². The fourth-order valence-corrected chi connectivity index (χ4v) is 2.67. The van der Waals surface area contributed by atoms with Crippen molar-refractivity contribution < 1.29 is 0 Å². The Hall–Kier alpha value is -1.53. The molecule has 0 amide bonds. The Bertz CT molecular complexity index is 454. The Labute approximate surface area is 116 Å². The molecule has 0 unspecified atom stereocenters. The lowest BCUT2D eigenvalue weighted by molar-refractivity contribution is 0.215. The van der Waals surface area contributed by atoms with Gasteiger partial charge < -0.3 is 10.2 Å². The summed E-state index contributed by atoms with van der Waals surface area (Å²) in [4.78, 5) is 2.41. The van der Waals surface area contributed by atoms with Crippen LogP contribution in [0.4, 0.5) is 5.69 Å². The molecule has 1 aliphatic rings. The number of nitrogens with one attached hydrogen (secondary N) is 1. The van der Waals surface area contributed by atoms with Gasteiger partial charge in [-0.25, -0.2) is 0 Å². The Morgan fingerprint density at radius 1 is 1.37 bits per heavy atom. The van der Waals surface area contributed by atoms with E-state index in [1.165, 1.54) is 32.4 Å². The smallest absolute Gasteiger partial charge is 0.0994 e. The number of anilines is 1. The summed E-state index contributed by atoms with van der Waals surface area (Å²) in [7, 11) is 2.20. The van der Waals surface area contributed by atoms with Crippen molar-refractivity contribution in [1.82, 2.24) is 4.90 Å². The number of hydrogen-bond donors (Lipinski definition) is 1. The molecule has 0 bridgehead atoms. The van der Waals surface area contributed by atoms with E-state index in [0.29, 0.717) is 0 Å². The number of aryl methyl sites for hydroxylation is 1. The van der Waals surface area contributed by atoms with Crippen molar-refractivity contribution in [3.63, 3.8) is 0 Å². The summed E-state index contributed by atoms with van der Waals surface area (Å²) in [6.07, 6.45) is 3.89. The van der Waals surface area contributed by atoms with Crippen molar-refractivity contribution in [3.8, 4) is 6.07 Å². The van der Waals surface area contributed by atoms with Crippen LogP contribution in [0, 0.1) is 24.2 Å². The summed E-state index contributed by atoms with van der Waals surface area (Å²) in [6.45, 7) is 5.49. The highest BCUT2D eigenvalue weighted by atomic mass is 15.1. The Morgan fingerprint density at radius 3 is 2.74 bits per heavy atom. The average Bonchev–Trinajstić information content (AvgIpc) is 2.41. The number of piperidine rings is 1. The van der Waals surface area contributed by atoms with Gasteiger partial charge in [0.15, 0.2) is 0 Å². The minimum atomic E-state index is 0.765. The summed E-state index contributed by atoms with van der Waals surface area (Å²) in [5.41, 5.74) is 2.94. The van der Waals surface area contributed by atoms with Crippen molar-refractivity contribution in [3.05, 3.63) is 29.3 Å². The first-order valence-corrected chi connectivity index (χ1v) is 7.12. The monoisotopic (exact) mass is 257 g/mol. The summed E-state index contributed by atoms with van der Waals surface area (Å²) in [5.74, 6) is 0.864. The molecule has 0 spiro atoms. The molecule has 0 aromatic heterocycles. The van der Waals surface area contributed by atoms with Gasteiger partial charge in [-0.05, 0) is 76.0 Å². The molecule has 1 aliphatic heterocycles. The van der Waals surface area contributed by atoms with Gasteiger partial charge in [0.1, 0.15) is 0 Å². The summed E-state index contributed by atoms with van der Waals surface area (Å²) in [5, 5.41) is 12.4. The van der Waals surface area contributed by atoms with E-state index < -0.39 is 0 Å². The molecule has 1 saturated heterocycles. The molecule has 0 radical (unpaired) electrons. The number of benzene rings is 1. The molecule has 3 nitrogen and oxygen atoms in total. The van der Waals surface area contributed by atoms with E-state index in [9.17, 15) is 0 Å². The van der Waals surface area contributed by atoms with Gasteiger partial charge in [-0.15, -0.1) is 0 Å². The number of rotatable bonds is 4. The molecule has 1 heterocycles. The molecule has 1 N–H and O–H groups in total. The van der Waals surface area contributed by atoms with Crippen LogP contribution in [-0.2, 0) is 0 Å². The van der Waals surface area contributed by atoms with E-state index in [2.05, 4.69) is 29.4 Å². The SMILES string of the molecule is Cc1cc(NCCC2CCN(C)CC2)ccc1C#N. The molecular weight excluding hydrogens is 234 g/mol. The highest BCUT2D eigenvalue weighted by molar-refractivity contribution is 5.51. The van der Waals surface area contributed by atoms with E-state index in [1.807, 2.05) is 19.1 Å². The molecule has 3 heteroatoms. The first kappa shape index (κ1) is 13.9. The zero-order valence-electron chi connectivity index (χ0n) is 11.9. The molecule has 1 aromatic rings. The van der Waals surface area contributed by atoms with Crippen LogP contribution in [-0.4, -0.2) is 31.6 Å². The molecule has 19 heavy (non-hydrogen) atoms. The largest absolute Gasteiger partial charge is 0.385 e. The third-order valence-corrected chi connectivity index (χ3v) is 4.07. The van der Waals surface area contributed by atoms with Crippen LogP contribution < -0.4 is 5.32 Å². The maximum Gasteiger partial charge on any atom is 0.0994 e. The van der Waals surface area contributed by atoms with E-state index in [0.717, 1.165) is 29.3 Å². The van der Waals surface area contributed by atoms with Crippen molar-refractivity contribution in [2.45, 2.75) is 26.2 Å². The lowest BCUT2D eigenvalue weighted by atomic mass is 9.94. The molecule has 1 fully saturated rings. The Balaban J connectivity index is 1.77. The normalized spacial score (nSPS) is 17.1. The average molecular weight is 257 g/mol. The number of nitrogens with zero attached hydrogens (tertiary/aromatic N) is 2. The predicted molar refractivity (Wildman–Crippen MR) is 79.2 cm³/mol. The fourth-order valence-electron chi connectivity index (χ4n) is 2.67. The van der Waals surface area contributed by atoms with Crippen LogP contribution in [0.25, 0.3) is 0 Å². The molecule has 0 saturated carbocycles. The Kier molecular flexibility index (Phi) is 4.81. The number of hydrogen-bond acceptors (Lipinski definition) is 3. The Morgan fingerprint density at radius 2 is 2.11 bits per heavy atom. The van der Waals surface area contributed by atoms with Crippen molar-refractivity contribution >= 4 is 5.69 Å². The maximum atomic E-state index is 8.90. The van der Waals surface area contributed by atoms with Gasteiger partial charge in [0.2, 0.25) is 0 Å². The van der Waals surface area contributed by atoms with Crippen molar-refractivity contribution in [2.24, 2.45) is 5.92 Å². The molecular formula is C16H23N3. The lowest BCUT2D eigenvalue weighted by Crippen LogP contribution is -2.30. The molecule has 0 atom stereocenters. The van der Waals surface area contributed by atoms with Gasteiger partial charge in [-0.3, -0.25) is 0 Å². The number of nitriles is 1. The molecule has 102 valence electrons. The van der Waals surface area contributed by atoms with Gasteiger partial charge >= 0.3 is 0 Å². The molecule has 1 aromatic carbocycles. The maximum absolute atomic E-state index is 8.90. The van der Waals surface area contributed by atoms with E-state index >= 15 is 0 Å². The van der Waals surface area contributed by atoms with Gasteiger partial charge in [0.05, 0.1) is 11.6 Å². The van der Waals surface area contributed by atoms with Crippen LogP contribution in [0.3, 0.4) is 0 Å². The van der Waals surface area contributed by atoms with Gasteiger partial charge in [0.25, 0.3) is 0 Å². The minimum absolute atomic E-state index is 0.765. The van der Waals surface area contributed by atoms with Crippen LogP contribution in [0.15, 0.2) is 18.2 Å². The second-order valence-electron chi connectivity index (χ2n) is 5.60. The fraction of sp³-hybridized carbons (Fsp3) is 0.562. The first-order chi connectivity index (χ1) is 9.19. The third kappa shape index (κ3) is 3.97. The minimum Gasteiger partial charge on any atom is -0.385 e.